The number of sulfonamides is 1. The third-order valence-electron chi connectivity index (χ3n) is 3.85. The Labute approximate surface area is 186 Å². The van der Waals surface area contributed by atoms with Crippen LogP contribution in [0.5, 0.6) is 5.75 Å². The number of benzene rings is 2. The van der Waals surface area contributed by atoms with Crippen LogP contribution in [0.15, 0.2) is 53.4 Å². The smallest absolute Gasteiger partial charge is 0.269 e. The van der Waals surface area contributed by atoms with Gasteiger partial charge in [-0.25, -0.2) is 8.42 Å². The molecule has 0 aliphatic carbocycles. The molecular formula is C19H24N4O4S3. The van der Waals surface area contributed by atoms with Crippen molar-refractivity contribution in [2.24, 2.45) is 0 Å². The molecular weight excluding hydrogens is 444 g/mol. The molecule has 0 aliphatic rings. The lowest BCUT2D eigenvalue weighted by Crippen LogP contribution is -2.47. The molecule has 0 aromatic heterocycles. The summed E-state index contributed by atoms with van der Waals surface area (Å²) in [6, 6.07) is 12.2. The van der Waals surface area contributed by atoms with Gasteiger partial charge in [-0.3, -0.25) is 20.4 Å². The number of nitrogens with one attached hydrogen (secondary N) is 4. The van der Waals surface area contributed by atoms with Crippen molar-refractivity contribution in [3.8, 4) is 5.75 Å². The van der Waals surface area contributed by atoms with Crippen molar-refractivity contribution < 1.29 is 17.9 Å². The van der Waals surface area contributed by atoms with Crippen LogP contribution in [0.2, 0.25) is 0 Å². The Morgan fingerprint density at radius 2 is 1.87 bits per heavy atom. The van der Waals surface area contributed by atoms with Crippen LogP contribution < -0.4 is 25.6 Å². The SMILES string of the molecule is COc1ccc(NS(=O)(=O)c2cccc(C(=O)NNC(=S)NCCCSC)c2)cc1. The van der Waals surface area contributed by atoms with Gasteiger partial charge in [0.05, 0.1) is 12.0 Å². The lowest BCUT2D eigenvalue weighted by molar-refractivity contribution is 0.0943. The van der Waals surface area contributed by atoms with E-state index in [4.69, 9.17) is 17.0 Å². The minimum atomic E-state index is -3.87. The van der Waals surface area contributed by atoms with Gasteiger partial charge >= 0.3 is 0 Å². The predicted octanol–water partition coefficient (Wildman–Crippen LogP) is 2.36. The minimum Gasteiger partial charge on any atom is -0.497 e. The van der Waals surface area contributed by atoms with Crippen LogP contribution in [0.3, 0.4) is 0 Å². The summed E-state index contributed by atoms with van der Waals surface area (Å²) in [5.41, 5.74) is 5.61. The highest BCUT2D eigenvalue weighted by atomic mass is 32.2. The predicted molar refractivity (Wildman–Crippen MR) is 124 cm³/mol. The second kappa shape index (κ2) is 11.6. The first-order chi connectivity index (χ1) is 14.4. The summed E-state index contributed by atoms with van der Waals surface area (Å²) in [6.45, 7) is 0.688. The molecule has 0 bridgehead atoms. The van der Waals surface area contributed by atoms with Gasteiger partial charge in [0, 0.05) is 17.8 Å². The first kappa shape index (κ1) is 23.8. The van der Waals surface area contributed by atoms with Crippen LogP contribution in [0.1, 0.15) is 16.8 Å². The maximum Gasteiger partial charge on any atom is 0.269 e. The molecule has 0 aliphatic heterocycles. The molecule has 162 valence electrons. The number of amides is 1. The number of thiocarbonyl (C=S) groups is 1. The molecule has 0 atom stereocenters. The average Bonchev–Trinajstić information content (AvgIpc) is 2.75. The first-order valence-corrected chi connectivity index (χ1v) is 12.2. The molecule has 0 heterocycles. The number of carbonyl (C=O) groups excluding carboxylic acids is 1. The maximum atomic E-state index is 12.6. The molecule has 30 heavy (non-hydrogen) atoms. The van der Waals surface area contributed by atoms with Crippen molar-refractivity contribution in [1.82, 2.24) is 16.2 Å². The standard InChI is InChI=1S/C19H24N4O4S3/c1-27-16-9-7-15(8-10-16)23-30(25,26)17-6-3-5-14(13-17)18(24)21-22-19(28)20-11-4-12-29-2/h3,5-10,13,23H,4,11-12H2,1-2H3,(H,21,24)(H2,20,22,28). The van der Waals surface area contributed by atoms with Crippen molar-refractivity contribution >= 4 is 50.7 Å². The van der Waals surface area contributed by atoms with E-state index in [1.165, 1.54) is 31.4 Å². The largest absolute Gasteiger partial charge is 0.497 e. The molecule has 1 amide bonds. The number of hydrazine groups is 1. The van der Waals surface area contributed by atoms with Crippen molar-refractivity contribution in [2.45, 2.75) is 11.3 Å². The van der Waals surface area contributed by atoms with E-state index in [9.17, 15) is 13.2 Å². The van der Waals surface area contributed by atoms with Gasteiger partial charge in [0.2, 0.25) is 0 Å². The highest BCUT2D eigenvalue weighted by molar-refractivity contribution is 7.98. The number of methoxy groups -OCH3 is 1. The Bertz CT molecular complexity index is 966. The third kappa shape index (κ3) is 7.39. The quantitative estimate of drug-likeness (QED) is 0.252. The van der Waals surface area contributed by atoms with Crippen LogP contribution in [0.25, 0.3) is 0 Å². The maximum absolute atomic E-state index is 12.6. The molecule has 2 aromatic rings. The Kier molecular flexibility index (Phi) is 9.21. The number of thioether (sulfide) groups is 1. The summed E-state index contributed by atoms with van der Waals surface area (Å²) in [4.78, 5) is 12.3. The van der Waals surface area contributed by atoms with Gasteiger partial charge in [-0.15, -0.1) is 0 Å². The zero-order valence-electron chi connectivity index (χ0n) is 16.6. The number of hydrogen-bond acceptors (Lipinski definition) is 6. The van der Waals surface area contributed by atoms with E-state index >= 15 is 0 Å². The van der Waals surface area contributed by atoms with Crippen LogP contribution >= 0.6 is 24.0 Å². The fraction of sp³-hybridized carbons (Fsp3) is 0.263. The van der Waals surface area contributed by atoms with Gasteiger partial charge in [-0.2, -0.15) is 11.8 Å². The Morgan fingerprint density at radius 3 is 2.53 bits per heavy atom. The Hall–Kier alpha value is -2.50. The molecule has 0 unspecified atom stereocenters. The van der Waals surface area contributed by atoms with E-state index < -0.39 is 15.9 Å². The molecule has 2 rings (SSSR count). The van der Waals surface area contributed by atoms with Gasteiger partial charge in [-0.1, -0.05) is 6.07 Å². The van der Waals surface area contributed by atoms with Crippen molar-refractivity contribution in [3.05, 3.63) is 54.1 Å². The van der Waals surface area contributed by atoms with Gasteiger partial charge in [0.25, 0.3) is 15.9 Å². The highest BCUT2D eigenvalue weighted by Crippen LogP contribution is 2.20. The fourth-order valence-electron chi connectivity index (χ4n) is 2.33. The minimum absolute atomic E-state index is 0.0382. The molecule has 11 heteroatoms. The van der Waals surface area contributed by atoms with E-state index in [1.54, 1.807) is 36.0 Å². The lowest BCUT2D eigenvalue weighted by Gasteiger charge is -2.12. The number of hydrogen-bond donors (Lipinski definition) is 4. The second-order valence-corrected chi connectivity index (χ2v) is 9.12. The van der Waals surface area contributed by atoms with Gasteiger partial charge < -0.3 is 10.1 Å². The molecule has 0 radical (unpaired) electrons. The highest BCUT2D eigenvalue weighted by Gasteiger charge is 2.17. The molecule has 4 N–H and O–H groups in total. The van der Waals surface area contributed by atoms with Gasteiger partial charge in [-0.05, 0) is 73.1 Å². The summed E-state index contributed by atoms with van der Waals surface area (Å²) in [5.74, 6) is 1.11. The van der Waals surface area contributed by atoms with Crippen LogP contribution in [0.4, 0.5) is 5.69 Å². The van der Waals surface area contributed by atoms with Crippen molar-refractivity contribution in [1.29, 1.82) is 0 Å². The fourth-order valence-corrected chi connectivity index (χ4v) is 4.02. The van der Waals surface area contributed by atoms with E-state index in [-0.39, 0.29) is 15.6 Å². The summed E-state index contributed by atoms with van der Waals surface area (Å²) >= 11 is 6.83. The number of carbonyl (C=O) groups is 1. The normalized spacial score (nSPS) is 10.7. The molecule has 8 nitrogen and oxygen atoms in total. The Balaban J connectivity index is 1.98. The van der Waals surface area contributed by atoms with Crippen LogP contribution in [0, 0.1) is 0 Å². The second-order valence-electron chi connectivity index (χ2n) is 6.04. The summed E-state index contributed by atoms with van der Waals surface area (Å²) < 4.78 is 32.8. The topological polar surface area (TPSA) is 109 Å². The average molecular weight is 469 g/mol. The molecule has 0 spiro atoms. The number of rotatable bonds is 9. The van der Waals surface area contributed by atoms with E-state index in [0.29, 0.717) is 18.0 Å². The first-order valence-electron chi connectivity index (χ1n) is 8.96. The van der Waals surface area contributed by atoms with E-state index in [2.05, 4.69) is 20.9 Å². The Morgan fingerprint density at radius 1 is 1.13 bits per heavy atom. The molecule has 0 saturated carbocycles. The lowest BCUT2D eigenvalue weighted by atomic mass is 10.2. The monoisotopic (exact) mass is 468 g/mol. The van der Waals surface area contributed by atoms with E-state index in [1.807, 2.05) is 6.26 Å². The molecule has 0 fully saturated rings. The van der Waals surface area contributed by atoms with Gasteiger partial charge in [0.15, 0.2) is 5.11 Å². The summed E-state index contributed by atoms with van der Waals surface area (Å²) in [5, 5.41) is 3.26. The van der Waals surface area contributed by atoms with Crippen molar-refractivity contribution in [3.63, 3.8) is 0 Å². The van der Waals surface area contributed by atoms with E-state index in [0.717, 1.165) is 12.2 Å². The van der Waals surface area contributed by atoms with Gasteiger partial charge in [0.1, 0.15) is 5.75 Å². The molecule has 0 saturated heterocycles. The van der Waals surface area contributed by atoms with Crippen molar-refractivity contribution in [2.75, 3.05) is 30.4 Å². The number of anilines is 1. The number of ether oxygens (including phenoxy) is 1. The van der Waals surface area contributed by atoms with Crippen LogP contribution in [-0.4, -0.2) is 45.1 Å². The zero-order chi connectivity index (χ0) is 22.0. The summed E-state index contributed by atoms with van der Waals surface area (Å²) in [7, 11) is -2.34. The third-order valence-corrected chi connectivity index (χ3v) is 6.17. The van der Waals surface area contributed by atoms with Crippen LogP contribution in [-0.2, 0) is 10.0 Å². The molecule has 2 aromatic carbocycles. The zero-order valence-corrected chi connectivity index (χ0v) is 19.0. The summed E-state index contributed by atoms with van der Waals surface area (Å²) in [6.07, 6.45) is 2.97.